The van der Waals surface area contributed by atoms with Crippen molar-refractivity contribution in [3.8, 4) is 0 Å². The van der Waals surface area contributed by atoms with Crippen molar-refractivity contribution in [1.82, 2.24) is 10.6 Å². The minimum Gasteiger partial charge on any atom is -0.353 e. The minimum absolute atomic E-state index is 0. The lowest BCUT2D eigenvalue weighted by Gasteiger charge is -2.11. The molecular formula is C14H21BrClN3O2. The Labute approximate surface area is 139 Å². The van der Waals surface area contributed by atoms with Crippen LogP contribution in [0.5, 0.6) is 0 Å². The summed E-state index contributed by atoms with van der Waals surface area (Å²) in [4.78, 5) is 23.3. The lowest BCUT2D eigenvalue weighted by atomic mass is 10.2. The average molecular weight is 379 g/mol. The van der Waals surface area contributed by atoms with Gasteiger partial charge in [-0.3, -0.25) is 9.59 Å². The van der Waals surface area contributed by atoms with Crippen molar-refractivity contribution in [2.24, 2.45) is 5.73 Å². The topological polar surface area (TPSA) is 84.2 Å². The predicted octanol–water partition coefficient (Wildman–Crippen LogP) is 1.84. The molecule has 0 saturated carbocycles. The van der Waals surface area contributed by atoms with Crippen LogP contribution in [0.4, 0.5) is 0 Å². The molecule has 21 heavy (non-hydrogen) atoms. The van der Waals surface area contributed by atoms with Crippen molar-refractivity contribution < 1.29 is 9.59 Å². The third-order valence-corrected chi connectivity index (χ3v) is 3.23. The van der Waals surface area contributed by atoms with Gasteiger partial charge in [-0.2, -0.15) is 0 Å². The summed E-state index contributed by atoms with van der Waals surface area (Å²) in [5, 5.41) is 5.43. The molecular weight excluding hydrogens is 358 g/mol. The SMILES string of the molecule is CCCC(N)C(=O)NCCNC(=O)c1cccc(Br)c1.Cl. The number of nitrogens with two attached hydrogens (primary N) is 1. The summed E-state index contributed by atoms with van der Waals surface area (Å²) in [6, 6.07) is 6.65. The zero-order valence-electron chi connectivity index (χ0n) is 11.9. The first kappa shape index (κ1) is 19.9. The van der Waals surface area contributed by atoms with E-state index in [4.69, 9.17) is 5.73 Å². The minimum atomic E-state index is -0.471. The normalized spacial score (nSPS) is 11.2. The van der Waals surface area contributed by atoms with E-state index in [9.17, 15) is 9.59 Å². The molecule has 0 spiro atoms. The summed E-state index contributed by atoms with van der Waals surface area (Å²) >= 11 is 3.31. The van der Waals surface area contributed by atoms with E-state index in [-0.39, 0.29) is 24.2 Å². The molecule has 0 saturated heterocycles. The van der Waals surface area contributed by atoms with Crippen LogP contribution in [-0.4, -0.2) is 30.9 Å². The molecule has 1 unspecified atom stereocenters. The van der Waals surface area contributed by atoms with E-state index in [1.54, 1.807) is 18.2 Å². The van der Waals surface area contributed by atoms with Crippen molar-refractivity contribution in [2.45, 2.75) is 25.8 Å². The number of amides is 2. The summed E-state index contributed by atoms with van der Waals surface area (Å²) < 4.78 is 0.851. The lowest BCUT2D eigenvalue weighted by molar-refractivity contribution is -0.122. The number of carbonyl (C=O) groups is 2. The van der Waals surface area contributed by atoms with Gasteiger partial charge in [0.15, 0.2) is 0 Å². The van der Waals surface area contributed by atoms with Crippen LogP contribution >= 0.6 is 28.3 Å². The Hall–Kier alpha value is -1.11. The molecule has 1 atom stereocenters. The Bertz CT molecular complexity index is 471. The van der Waals surface area contributed by atoms with Gasteiger partial charge in [-0.25, -0.2) is 0 Å². The maximum atomic E-state index is 11.8. The van der Waals surface area contributed by atoms with Crippen LogP contribution in [0.15, 0.2) is 28.7 Å². The Kier molecular flexibility index (Phi) is 10.0. The smallest absolute Gasteiger partial charge is 0.251 e. The lowest BCUT2D eigenvalue weighted by Crippen LogP contribution is -2.43. The highest BCUT2D eigenvalue weighted by atomic mass is 79.9. The van der Waals surface area contributed by atoms with Gasteiger partial charge < -0.3 is 16.4 Å². The Morgan fingerprint density at radius 1 is 1.29 bits per heavy atom. The Morgan fingerprint density at radius 2 is 1.95 bits per heavy atom. The molecule has 0 aliphatic carbocycles. The number of carbonyl (C=O) groups excluding carboxylic acids is 2. The molecule has 0 radical (unpaired) electrons. The van der Waals surface area contributed by atoms with Gasteiger partial charge in [0.1, 0.15) is 0 Å². The highest BCUT2D eigenvalue weighted by Gasteiger charge is 2.11. The van der Waals surface area contributed by atoms with E-state index < -0.39 is 6.04 Å². The highest BCUT2D eigenvalue weighted by Crippen LogP contribution is 2.11. The molecule has 0 bridgehead atoms. The van der Waals surface area contributed by atoms with Crippen molar-refractivity contribution in [2.75, 3.05) is 13.1 Å². The third-order valence-electron chi connectivity index (χ3n) is 2.73. The number of halogens is 2. The van der Waals surface area contributed by atoms with E-state index in [0.717, 1.165) is 10.9 Å². The molecule has 7 heteroatoms. The monoisotopic (exact) mass is 377 g/mol. The second-order valence-corrected chi connectivity index (χ2v) is 5.37. The van der Waals surface area contributed by atoms with Crippen molar-refractivity contribution >= 4 is 40.2 Å². The van der Waals surface area contributed by atoms with Gasteiger partial charge in [0, 0.05) is 23.1 Å². The second kappa shape index (κ2) is 10.6. The van der Waals surface area contributed by atoms with Gasteiger partial charge in [0.05, 0.1) is 6.04 Å². The van der Waals surface area contributed by atoms with E-state index in [2.05, 4.69) is 26.6 Å². The number of hydrogen-bond donors (Lipinski definition) is 3. The molecule has 5 nitrogen and oxygen atoms in total. The standard InChI is InChI=1S/C14H20BrN3O2.ClH/c1-2-4-12(16)14(20)18-8-7-17-13(19)10-5-3-6-11(15)9-10;/h3,5-6,9,12H,2,4,7-8,16H2,1H3,(H,17,19)(H,18,20);1H. The van der Waals surface area contributed by atoms with Crippen LogP contribution in [0.1, 0.15) is 30.1 Å². The van der Waals surface area contributed by atoms with E-state index >= 15 is 0 Å². The van der Waals surface area contributed by atoms with E-state index in [1.165, 1.54) is 0 Å². The molecule has 2 amide bonds. The molecule has 0 fully saturated rings. The molecule has 118 valence electrons. The summed E-state index contributed by atoms with van der Waals surface area (Å²) in [5.41, 5.74) is 6.25. The molecule has 4 N–H and O–H groups in total. The molecule has 0 aliphatic heterocycles. The molecule has 0 heterocycles. The van der Waals surface area contributed by atoms with Crippen LogP contribution in [0.3, 0.4) is 0 Å². The fourth-order valence-corrected chi connectivity index (χ4v) is 2.07. The highest BCUT2D eigenvalue weighted by molar-refractivity contribution is 9.10. The number of rotatable bonds is 7. The maximum absolute atomic E-state index is 11.8. The fourth-order valence-electron chi connectivity index (χ4n) is 1.67. The zero-order valence-corrected chi connectivity index (χ0v) is 14.3. The largest absolute Gasteiger partial charge is 0.353 e. The molecule has 1 rings (SSSR count). The first-order valence-electron chi connectivity index (χ1n) is 6.61. The van der Waals surface area contributed by atoms with Crippen molar-refractivity contribution in [3.05, 3.63) is 34.3 Å². The van der Waals surface area contributed by atoms with Gasteiger partial charge >= 0.3 is 0 Å². The van der Waals surface area contributed by atoms with E-state index in [0.29, 0.717) is 25.1 Å². The average Bonchev–Trinajstić information content (AvgIpc) is 2.43. The fraction of sp³-hybridized carbons (Fsp3) is 0.429. The number of nitrogens with one attached hydrogen (secondary N) is 2. The zero-order chi connectivity index (χ0) is 15.0. The summed E-state index contributed by atoms with van der Waals surface area (Å²) in [7, 11) is 0. The number of hydrogen-bond acceptors (Lipinski definition) is 3. The second-order valence-electron chi connectivity index (χ2n) is 4.45. The van der Waals surface area contributed by atoms with Crippen LogP contribution in [0.2, 0.25) is 0 Å². The third kappa shape index (κ3) is 7.45. The summed E-state index contributed by atoms with van der Waals surface area (Å²) in [6.07, 6.45) is 1.53. The van der Waals surface area contributed by atoms with Crippen LogP contribution in [-0.2, 0) is 4.79 Å². The molecule has 0 aromatic heterocycles. The summed E-state index contributed by atoms with van der Waals surface area (Å²) in [5.74, 6) is -0.345. The Morgan fingerprint density at radius 3 is 2.57 bits per heavy atom. The first-order chi connectivity index (χ1) is 9.54. The van der Waals surface area contributed by atoms with Crippen LogP contribution in [0.25, 0.3) is 0 Å². The van der Waals surface area contributed by atoms with E-state index in [1.807, 2.05) is 13.0 Å². The maximum Gasteiger partial charge on any atom is 0.251 e. The summed E-state index contributed by atoms with van der Waals surface area (Å²) in [6.45, 7) is 2.72. The van der Waals surface area contributed by atoms with Gasteiger partial charge in [-0.05, 0) is 24.6 Å². The Balaban J connectivity index is 0.00000400. The van der Waals surface area contributed by atoms with Crippen molar-refractivity contribution in [3.63, 3.8) is 0 Å². The van der Waals surface area contributed by atoms with Crippen molar-refractivity contribution in [1.29, 1.82) is 0 Å². The van der Waals surface area contributed by atoms with Gasteiger partial charge in [0.2, 0.25) is 5.91 Å². The van der Waals surface area contributed by atoms with Crippen LogP contribution < -0.4 is 16.4 Å². The predicted molar refractivity (Wildman–Crippen MR) is 89.6 cm³/mol. The van der Waals surface area contributed by atoms with Gasteiger partial charge in [-0.15, -0.1) is 12.4 Å². The molecule has 1 aromatic carbocycles. The van der Waals surface area contributed by atoms with Crippen LogP contribution in [0, 0.1) is 0 Å². The van der Waals surface area contributed by atoms with Gasteiger partial charge in [-0.1, -0.05) is 35.3 Å². The number of benzene rings is 1. The molecule has 1 aromatic rings. The quantitative estimate of drug-likeness (QED) is 0.633. The first-order valence-corrected chi connectivity index (χ1v) is 7.41. The molecule has 0 aliphatic rings. The van der Waals surface area contributed by atoms with Gasteiger partial charge in [0.25, 0.3) is 5.91 Å².